The van der Waals surface area contributed by atoms with Crippen LogP contribution in [0.4, 0.5) is 0 Å². The van der Waals surface area contributed by atoms with Gasteiger partial charge in [-0.15, -0.1) is 0 Å². The zero-order valence-electron chi connectivity index (χ0n) is 14.8. The molecule has 0 unspecified atom stereocenters. The van der Waals surface area contributed by atoms with E-state index in [2.05, 4.69) is 4.98 Å². The topological polar surface area (TPSA) is 104 Å². The van der Waals surface area contributed by atoms with Crippen LogP contribution >= 0.6 is 0 Å². The fourth-order valence-electron chi connectivity index (χ4n) is 2.63. The summed E-state index contributed by atoms with van der Waals surface area (Å²) in [5.41, 5.74) is 0.757. The molecule has 1 amide bonds. The van der Waals surface area contributed by atoms with Crippen LogP contribution in [0.2, 0.25) is 0 Å². The predicted molar refractivity (Wildman–Crippen MR) is 91.8 cm³/mol. The number of furan rings is 1. The largest absolute Gasteiger partial charge is 0.478 e. The molecule has 2 aromatic rings. The Morgan fingerprint density at radius 3 is 2.52 bits per heavy atom. The fourth-order valence-corrected chi connectivity index (χ4v) is 2.63. The second-order valence-electron chi connectivity index (χ2n) is 6.51. The van der Waals surface area contributed by atoms with Gasteiger partial charge in [0.05, 0.1) is 6.54 Å². The van der Waals surface area contributed by atoms with Crippen molar-refractivity contribution < 1.29 is 19.1 Å². The van der Waals surface area contributed by atoms with Crippen molar-refractivity contribution in [1.82, 2.24) is 9.88 Å². The van der Waals surface area contributed by atoms with Crippen molar-refractivity contribution in [3.05, 3.63) is 56.9 Å². The van der Waals surface area contributed by atoms with Crippen LogP contribution in [0, 0.1) is 12.8 Å². The van der Waals surface area contributed by atoms with Crippen molar-refractivity contribution in [2.24, 2.45) is 5.92 Å². The number of carbonyl (C=O) groups excluding carboxylic acids is 1. The molecule has 0 aliphatic carbocycles. The van der Waals surface area contributed by atoms with Crippen LogP contribution in [0.25, 0.3) is 0 Å². The summed E-state index contributed by atoms with van der Waals surface area (Å²) < 4.78 is 5.39. The summed E-state index contributed by atoms with van der Waals surface area (Å²) in [4.78, 5) is 39.6. The van der Waals surface area contributed by atoms with Gasteiger partial charge in [0.1, 0.15) is 17.1 Å². The molecule has 2 heterocycles. The lowest BCUT2D eigenvalue weighted by atomic mass is 10.1. The number of aromatic carboxylic acids is 1. The highest BCUT2D eigenvalue weighted by molar-refractivity contribution is 5.94. The molecular formula is C18H22N2O5. The fraction of sp³-hybridized carbons (Fsp3) is 0.389. The van der Waals surface area contributed by atoms with E-state index >= 15 is 0 Å². The Balaban J connectivity index is 2.19. The molecule has 0 fully saturated rings. The van der Waals surface area contributed by atoms with E-state index in [1.165, 1.54) is 17.0 Å². The molecule has 0 spiro atoms. The lowest BCUT2D eigenvalue weighted by Gasteiger charge is -2.16. The van der Waals surface area contributed by atoms with E-state index in [0.717, 1.165) is 0 Å². The average Bonchev–Trinajstić information content (AvgIpc) is 2.85. The predicted octanol–water partition coefficient (Wildman–Crippen LogP) is 2.45. The number of aromatic nitrogens is 1. The number of nitrogens with one attached hydrogen (secondary N) is 1. The van der Waals surface area contributed by atoms with Gasteiger partial charge in [0, 0.05) is 24.4 Å². The standard InChI is InChI=1S/C18H22N2O5/c1-10(2)5-13-6-12(7-16(21)19-13)17(22)20(4)9-14-8-15(18(23)24)11(3)25-14/h6-8,10H,5,9H2,1-4H3,(H,19,21)(H,23,24). The van der Waals surface area contributed by atoms with Crippen molar-refractivity contribution in [2.75, 3.05) is 7.05 Å². The molecule has 0 bridgehead atoms. The summed E-state index contributed by atoms with van der Waals surface area (Å²) in [5.74, 6) is -0.396. The summed E-state index contributed by atoms with van der Waals surface area (Å²) in [6.45, 7) is 5.72. The highest BCUT2D eigenvalue weighted by Crippen LogP contribution is 2.17. The van der Waals surface area contributed by atoms with Crippen LogP contribution in [-0.4, -0.2) is 33.9 Å². The number of rotatable bonds is 6. The van der Waals surface area contributed by atoms with Crippen molar-refractivity contribution >= 4 is 11.9 Å². The Bertz CT molecular complexity index is 847. The molecule has 0 aromatic carbocycles. The SMILES string of the molecule is Cc1oc(CN(C)C(=O)c2cc(CC(C)C)[nH]c(=O)c2)cc1C(=O)O. The summed E-state index contributed by atoms with van der Waals surface area (Å²) in [6.07, 6.45) is 0.666. The zero-order chi connectivity index (χ0) is 18.7. The quantitative estimate of drug-likeness (QED) is 0.836. The summed E-state index contributed by atoms with van der Waals surface area (Å²) in [6, 6.07) is 4.35. The first-order chi connectivity index (χ1) is 11.7. The van der Waals surface area contributed by atoms with Crippen LogP contribution in [0.15, 0.2) is 27.4 Å². The first-order valence-corrected chi connectivity index (χ1v) is 7.98. The van der Waals surface area contributed by atoms with Crippen LogP contribution in [0.5, 0.6) is 0 Å². The van der Waals surface area contributed by atoms with E-state index in [1.807, 2.05) is 13.8 Å². The molecule has 0 aliphatic heterocycles. The number of hydrogen-bond acceptors (Lipinski definition) is 4. The molecule has 0 atom stereocenters. The number of H-pyrrole nitrogens is 1. The number of amides is 1. The number of aromatic amines is 1. The van der Waals surface area contributed by atoms with Crippen molar-refractivity contribution in [1.29, 1.82) is 0 Å². The maximum atomic E-state index is 12.6. The molecular weight excluding hydrogens is 324 g/mol. The van der Waals surface area contributed by atoms with Crippen molar-refractivity contribution in [2.45, 2.75) is 33.7 Å². The van der Waals surface area contributed by atoms with E-state index in [4.69, 9.17) is 9.52 Å². The Hall–Kier alpha value is -2.83. The average molecular weight is 346 g/mol. The third-order valence-electron chi connectivity index (χ3n) is 3.71. The van der Waals surface area contributed by atoms with E-state index in [-0.39, 0.29) is 23.6 Å². The van der Waals surface area contributed by atoms with Crippen LogP contribution in [0.1, 0.15) is 51.8 Å². The molecule has 0 radical (unpaired) electrons. The van der Waals surface area contributed by atoms with Gasteiger partial charge in [-0.3, -0.25) is 9.59 Å². The van der Waals surface area contributed by atoms with E-state index in [0.29, 0.717) is 35.1 Å². The third-order valence-corrected chi connectivity index (χ3v) is 3.71. The van der Waals surface area contributed by atoms with Gasteiger partial charge >= 0.3 is 5.97 Å². The summed E-state index contributed by atoms with van der Waals surface area (Å²) >= 11 is 0. The molecule has 0 aliphatic rings. The monoisotopic (exact) mass is 346 g/mol. The number of pyridine rings is 1. The molecule has 25 heavy (non-hydrogen) atoms. The van der Waals surface area contributed by atoms with Crippen LogP contribution < -0.4 is 5.56 Å². The second-order valence-corrected chi connectivity index (χ2v) is 6.51. The maximum Gasteiger partial charge on any atom is 0.339 e. The number of aryl methyl sites for hydroxylation is 1. The minimum absolute atomic E-state index is 0.0752. The van der Waals surface area contributed by atoms with Gasteiger partial charge in [0.15, 0.2) is 0 Å². The van der Waals surface area contributed by atoms with Gasteiger partial charge in [0.2, 0.25) is 5.56 Å². The Morgan fingerprint density at radius 1 is 1.28 bits per heavy atom. The van der Waals surface area contributed by atoms with Gasteiger partial charge < -0.3 is 19.4 Å². The second kappa shape index (κ2) is 7.38. The number of carboxylic acid groups (broad SMARTS) is 1. The van der Waals surface area contributed by atoms with Gasteiger partial charge in [-0.05, 0) is 31.4 Å². The van der Waals surface area contributed by atoms with Gasteiger partial charge in [0.25, 0.3) is 5.91 Å². The number of hydrogen-bond donors (Lipinski definition) is 2. The Labute approximate surface area is 145 Å². The lowest BCUT2D eigenvalue weighted by Crippen LogP contribution is -2.27. The van der Waals surface area contributed by atoms with Crippen LogP contribution in [-0.2, 0) is 13.0 Å². The number of carbonyl (C=O) groups is 2. The highest BCUT2D eigenvalue weighted by atomic mass is 16.4. The first-order valence-electron chi connectivity index (χ1n) is 7.98. The normalized spacial score (nSPS) is 10.9. The van der Waals surface area contributed by atoms with Gasteiger partial charge in [-0.25, -0.2) is 4.79 Å². The van der Waals surface area contributed by atoms with E-state index < -0.39 is 5.97 Å². The molecule has 0 saturated carbocycles. The summed E-state index contributed by atoms with van der Waals surface area (Å²) in [5, 5.41) is 9.05. The van der Waals surface area contributed by atoms with Crippen molar-refractivity contribution in [3.63, 3.8) is 0 Å². The smallest absolute Gasteiger partial charge is 0.339 e. The molecule has 7 heteroatoms. The Morgan fingerprint density at radius 2 is 1.96 bits per heavy atom. The minimum atomic E-state index is -1.07. The zero-order valence-corrected chi connectivity index (χ0v) is 14.8. The highest BCUT2D eigenvalue weighted by Gasteiger charge is 2.18. The maximum absolute atomic E-state index is 12.6. The molecule has 0 saturated heterocycles. The summed E-state index contributed by atoms with van der Waals surface area (Å²) in [7, 11) is 1.57. The van der Waals surface area contributed by atoms with Gasteiger partial charge in [-0.1, -0.05) is 13.8 Å². The number of carboxylic acids is 1. The molecule has 2 rings (SSSR count). The van der Waals surface area contributed by atoms with E-state index in [9.17, 15) is 14.4 Å². The van der Waals surface area contributed by atoms with Gasteiger partial charge in [-0.2, -0.15) is 0 Å². The third kappa shape index (κ3) is 4.59. The lowest BCUT2D eigenvalue weighted by molar-refractivity contribution is 0.0694. The van der Waals surface area contributed by atoms with Crippen LogP contribution in [0.3, 0.4) is 0 Å². The molecule has 2 aromatic heterocycles. The molecule has 2 N–H and O–H groups in total. The Kier molecular flexibility index (Phi) is 5.46. The first kappa shape index (κ1) is 18.5. The number of nitrogens with zero attached hydrogens (tertiary/aromatic N) is 1. The van der Waals surface area contributed by atoms with Crippen molar-refractivity contribution in [3.8, 4) is 0 Å². The minimum Gasteiger partial charge on any atom is -0.478 e. The molecule has 134 valence electrons. The van der Waals surface area contributed by atoms with E-state index in [1.54, 1.807) is 20.0 Å². The molecule has 7 nitrogen and oxygen atoms in total.